The highest BCUT2D eigenvalue weighted by molar-refractivity contribution is 4.93. The first-order valence-electron chi connectivity index (χ1n) is 5.85. The van der Waals surface area contributed by atoms with Crippen LogP contribution in [-0.2, 0) is 0 Å². The minimum absolute atomic E-state index is 0.489. The highest BCUT2D eigenvalue weighted by Crippen LogP contribution is 2.38. The summed E-state index contributed by atoms with van der Waals surface area (Å²) in [7, 11) is 0. The Bertz CT molecular complexity index is 180. The summed E-state index contributed by atoms with van der Waals surface area (Å²) < 4.78 is 0. The van der Waals surface area contributed by atoms with Gasteiger partial charge in [-0.1, -0.05) is 27.2 Å². The molecule has 1 nitrogen and oxygen atoms in total. The predicted molar refractivity (Wildman–Crippen MR) is 56.8 cm³/mol. The van der Waals surface area contributed by atoms with Crippen LogP contribution in [0.4, 0.5) is 0 Å². The van der Waals surface area contributed by atoms with Crippen molar-refractivity contribution in [1.29, 1.82) is 0 Å². The first-order valence-corrected chi connectivity index (χ1v) is 5.85. The smallest absolute Gasteiger partial charge is 0.0147 e. The van der Waals surface area contributed by atoms with E-state index < -0.39 is 0 Å². The Hall–Kier alpha value is -0.0400. The van der Waals surface area contributed by atoms with E-state index in [9.17, 15) is 0 Å². The normalized spacial score (nSPS) is 36.2. The molecule has 2 saturated heterocycles. The number of hydrogen-bond donors (Lipinski definition) is 0. The van der Waals surface area contributed by atoms with Crippen LogP contribution in [-0.4, -0.2) is 23.5 Å². The lowest BCUT2D eigenvalue weighted by Gasteiger charge is -2.45. The van der Waals surface area contributed by atoms with Crippen LogP contribution in [0.1, 0.15) is 52.9 Å². The van der Waals surface area contributed by atoms with Gasteiger partial charge in [0.2, 0.25) is 0 Å². The van der Waals surface area contributed by atoms with Gasteiger partial charge in [-0.05, 0) is 37.6 Å². The SMILES string of the molecule is CC(C)(C)[C@@H]1CCC[C@@H]2CCCN21. The van der Waals surface area contributed by atoms with Crippen LogP contribution in [0, 0.1) is 5.41 Å². The van der Waals surface area contributed by atoms with Crippen molar-refractivity contribution in [3.8, 4) is 0 Å². The lowest BCUT2D eigenvalue weighted by atomic mass is 9.79. The quantitative estimate of drug-likeness (QED) is 0.555. The molecule has 0 spiro atoms. The molecule has 0 saturated carbocycles. The van der Waals surface area contributed by atoms with Crippen molar-refractivity contribution in [1.82, 2.24) is 4.90 Å². The molecule has 0 aromatic carbocycles. The van der Waals surface area contributed by atoms with E-state index in [-0.39, 0.29) is 0 Å². The summed E-state index contributed by atoms with van der Waals surface area (Å²) in [6, 6.07) is 1.80. The van der Waals surface area contributed by atoms with Gasteiger partial charge in [-0.2, -0.15) is 0 Å². The number of hydrogen-bond acceptors (Lipinski definition) is 1. The van der Waals surface area contributed by atoms with E-state index >= 15 is 0 Å². The van der Waals surface area contributed by atoms with Gasteiger partial charge < -0.3 is 0 Å². The zero-order chi connectivity index (χ0) is 9.47. The molecule has 0 unspecified atom stereocenters. The largest absolute Gasteiger partial charge is 0.297 e. The van der Waals surface area contributed by atoms with Crippen LogP contribution in [0.3, 0.4) is 0 Å². The number of nitrogens with zero attached hydrogens (tertiary/aromatic N) is 1. The predicted octanol–water partition coefficient (Wildman–Crippen LogP) is 3.05. The van der Waals surface area contributed by atoms with E-state index in [4.69, 9.17) is 0 Å². The van der Waals surface area contributed by atoms with E-state index in [2.05, 4.69) is 25.7 Å². The fourth-order valence-electron chi connectivity index (χ4n) is 3.22. The van der Waals surface area contributed by atoms with Crippen molar-refractivity contribution in [3.63, 3.8) is 0 Å². The second kappa shape index (κ2) is 3.27. The lowest BCUT2D eigenvalue weighted by Crippen LogP contribution is -2.49. The van der Waals surface area contributed by atoms with Crippen molar-refractivity contribution in [3.05, 3.63) is 0 Å². The zero-order valence-electron chi connectivity index (χ0n) is 9.34. The monoisotopic (exact) mass is 181 g/mol. The molecule has 2 aliphatic rings. The standard InChI is InChI=1S/C12H23N/c1-12(2,3)11-8-4-6-10-7-5-9-13(10)11/h10-11H,4-9H2,1-3H3/t10-,11+/m1/s1. The second-order valence-electron chi connectivity index (χ2n) is 5.85. The summed E-state index contributed by atoms with van der Waals surface area (Å²) >= 11 is 0. The topological polar surface area (TPSA) is 3.24 Å². The molecule has 0 aromatic heterocycles. The Morgan fingerprint density at radius 3 is 2.38 bits per heavy atom. The van der Waals surface area contributed by atoms with E-state index in [0.29, 0.717) is 5.41 Å². The first kappa shape index (κ1) is 9.51. The summed E-state index contributed by atoms with van der Waals surface area (Å²) in [5.74, 6) is 0. The second-order valence-corrected chi connectivity index (χ2v) is 5.85. The summed E-state index contributed by atoms with van der Waals surface area (Å²) in [5.41, 5.74) is 0.489. The van der Waals surface area contributed by atoms with Crippen LogP contribution in [0.15, 0.2) is 0 Å². The number of rotatable bonds is 0. The van der Waals surface area contributed by atoms with E-state index in [0.717, 1.165) is 12.1 Å². The molecule has 0 aliphatic carbocycles. The number of fused-ring (bicyclic) bond motifs is 1. The minimum atomic E-state index is 0.489. The molecule has 0 radical (unpaired) electrons. The third-order valence-corrected chi connectivity index (χ3v) is 3.84. The Morgan fingerprint density at radius 1 is 1.00 bits per heavy atom. The van der Waals surface area contributed by atoms with E-state index in [1.165, 1.54) is 38.6 Å². The fourth-order valence-corrected chi connectivity index (χ4v) is 3.22. The molecule has 0 aromatic rings. The fraction of sp³-hybridized carbons (Fsp3) is 1.00. The van der Waals surface area contributed by atoms with Gasteiger partial charge in [0, 0.05) is 12.1 Å². The van der Waals surface area contributed by atoms with Crippen LogP contribution >= 0.6 is 0 Å². The third kappa shape index (κ3) is 1.76. The summed E-state index contributed by atoms with van der Waals surface area (Å²) in [6.45, 7) is 8.57. The molecule has 76 valence electrons. The molecule has 2 heterocycles. The van der Waals surface area contributed by atoms with Crippen molar-refractivity contribution < 1.29 is 0 Å². The summed E-state index contributed by atoms with van der Waals surface area (Å²) in [6.07, 6.45) is 7.26. The molecule has 0 amide bonds. The Balaban J connectivity index is 2.10. The maximum absolute atomic E-state index is 2.80. The molecule has 0 N–H and O–H groups in total. The van der Waals surface area contributed by atoms with E-state index in [1.807, 2.05) is 0 Å². The molecule has 0 bridgehead atoms. The molecular weight excluding hydrogens is 158 g/mol. The molecule has 1 heteroatoms. The average molecular weight is 181 g/mol. The first-order chi connectivity index (χ1) is 6.09. The highest BCUT2D eigenvalue weighted by Gasteiger charge is 2.39. The highest BCUT2D eigenvalue weighted by atomic mass is 15.2. The molecule has 2 fully saturated rings. The van der Waals surface area contributed by atoms with E-state index in [1.54, 1.807) is 0 Å². The molecule has 2 atom stereocenters. The third-order valence-electron chi connectivity index (χ3n) is 3.84. The molecular formula is C12H23N. The minimum Gasteiger partial charge on any atom is -0.297 e. The van der Waals surface area contributed by atoms with Gasteiger partial charge in [-0.3, -0.25) is 4.90 Å². The van der Waals surface area contributed by atoms with Crippen LogP contribution in [0.25, 0.3) is 0 Å². The van der Waals surface area contributed by atoms with Crippen LogP contribution in [0.2, 0.25) is 0 Å². The Labute approximate surface area is 82.5 Å². The van der Waals surface area contributed by atoms with Gasteiger partial charge in [-0.25, -0.2) is 0 Å². The van der Waals surface area contributed by atoms with Crippen molar-refractivity contribution in [2.45, 2.75) is 65.0 Å². The molecule has 13 heavy (non-hydrogen) atoms. The summed E-state index contributed by atoms with van der Waals surface area (Å²) in [5, 5.41) is 0. The lowest BCUT2D eigenvalue weighted by molar-refractivity contribution is 0.0471. The molecule has 2 aliphatic heterocycles. The van der Waals surface area contributed by atoms with Crippen molar-refractivity contribution in [2.75, 3.05) is 6.54 Å². The molecule has 2 rings (SSSR count). The van der Waals surface area contributed by atoms with Gasteiger partial charge in [0.05, 0.1) is 0 Å². The van der Waals surface area contributed by atoms with Gasteiger partial charge >= 0.3 is 0 Å². The average Bonchev–Trinajstić information content (AvgIpc) is 2.48. The maximum atomic E-state index is 2.80. The van der Waals surface area contributed by atoms with Crippen LogP contribution < -0.4 is 0 Å². The van der Waals surface area contributed by atoms with Crippen molar-refractivity contribution >= 4 is 0 Å². The summed E-state index contributed by atoms with van der Waals surface area (Å²) in [4.78, 5) is 2.80. The van der Waals surface area contributed by atoms with Gasteiger partial charge in [-0.15, -0.1) is 0 Å². The zero-order valence-corrected chi connectivity index (χ0v) is 9.34. The van der Waals surface area contributed by atoms with Gasteiger partial charge in [0.15, 0.2) is 0 Å². The Morgan fingerprint density at radius 2 is 1.69 bits per heavy atom. The maximum Gasteiger partial charge on any atom is 0.0147 e. The van der Waals surface area contributed by atoms with Gasteiger partial charge in [0.1, 0.15) is 0 Å². The van der Waals surface area contributed by atoms with Crippen LogP contribution in [0.5, 0.6) is 0 Å². The van der Waals surface area contributed by atoms with Crippen molar-refractivity contribution in [2.24, 2.45) is 5.41 Å². The van der Waals surface area contributed by atoms with Gasteiger partial charge in [0.25, 0.3) is 0 Å². The number of piperidine rings is 1. The Kier molecular flexibility index (Phi) is 2.39.